The van der Waals surface area contributed by atoms with E-state index in [1.807, 2.05) is 6.07 Å². The molecule has 1 heterocycles. The summed E-state index contributed by atoms with van der Waals surface area (Å²) in [5.41, 5.74) is 0.151. The summed E-state index contributed by atoms with van der Waals surface area (Å²) in [6.45, 7) is -0.268. The number of hydrogen-bond donors (Lipinski definition) is 1. The normalized spacial score (nSPS) is 10.0. The van der Waals surface area contributed by atoms with E-state index in [0.29, 0.717) is 22.2 Å². The van der Waals surface area contributed by atoms with Crippen LogP contribution in [0.4, 0.5) is 0 Å². The number of nitrogens with one attached hydrogen (secondary N) is 1. The van der Waals surface area contributed by atoms with Crippen LogP contribution in [0.25, 0.3) is 11.3 Å². The number of ether oxygens (including phenoxy) is 3. The van der Waals surface area contributed by atoms with E-state index < -0.39 is 11.5 Å². The fourth-order valence-electron chi connectivity index (χ4n) is 1.99. The standard InChI is InChI=1S/C16H15N3O5S/c1-22-12-6-9(4-5-11(12)24-8-13(20)23-2)14-10(7-17)15(21)19-16(18-14)25-3/h4-6H,8H2,1-3H3,(H,18,19,21). The molecule has 0 aliphatic rings. The number of nitriles is 1. The third kappa shape index (κ3) is 4.10. The molecule has 0 aliphatic carbocycles. The number of carbonyl (C=O) groups is 1. The summed E-state index contributed by atoms with van der Waals surface area (Å²) in [6, 6.07) is 6.64. The fourth-order valence-corrected chi connectivity index (χ4v) is 2.37. The van der Waals surface area contributed by atoms with Gasteiger partial charge >= 0.3 is 5.97 Å². The summed E-state index contributed by atoms with van der Waals surface area (Å²) >= 11 is 1.25. The molecule has 0 bridgehead atoms. The lowest BCUT2D eigenvalue weighted by Crippen LogP contribution is -2.15. The van der Waals surface area contributed by atoms with Gasteiger partial charge in [0, 0.05) is 5.56 Å². The second-order valence-electron chi connectivity index (χ2n) is 4.64. The number of esters is 1. The number of hydrogen-bond acceptors (Lipinski definition) is 8. The van der Waals surface area contributed by atoms with Crippen molar-refractivity contribution in [1.29, 1.82) is 5.26 Å². The van der Waals surface area contributed by atoms with Crippen LogP contribution in [-0.2, 0) is 9.53 Å². The SMILES string of the molecule is COC(=O)COc1ccc(-c2nc(SC)[nH]c(=O)c2C#N)cc1OC. The fraction of sp³-hybridized carbons (Fsp3) is 0.250. The molecule has 1 N–H and O–H groups in total. The first-order valence-corrected chi connectivity index (χ1v) is 8.23. The Morgan fingerprint density at radius 3 is 2.72 bits per heavy atom. The molecule has 130 valence electrons. The van der Waals surface area contributed by atoms with Crippen molar-refractivity contribution in [3.63, 3.8) is 0 Å². The van der Waals surface area contributed by atoms with Crippen molar-refractivity contribution < 1.29 is 19.0 Å². The summed E-state index contributed by atoms with van der Waals surface area (Å²) in [5, 5.41) is 9.65. The number of carbonyl (C=O) groups excluding carboxylic acids is 1. The number of aromatic nitrogens is 2. The number of thioether (sulfide) groups is 1. The molecule has 0 aliphatic heterocycles. The maximum atomic E-state index is 12.0. The molecule has 1 aromatic carbocycles. The van der Waals surface area contributed by atoms with E-state index in [4.69, 9.17) is 9.47 Å². The summed E-state index contributed by atoms with van der Waals surface area (Å²) in [5.74, 6) is 0.127. The molecule has 0 atom stereocenters. The van der Waals surface area contributed by atoms with Crippen LogP contribution in [0.5, 0.6) is 11.5 Å². The number of aromatic amines is 1. The zero-order valence-corrected chi connectivity index (χ0v) is 14.6. The molecule has 0 fully saturated rings. The molecule has 2 rings (SSSR count). The van der Waals surface area contributed by atoms with Crippen molar-refractivity contribution in [1.82, 2.24) is 9.97 Å². The highest BCUT2D eigenvalue weighted by atomic mass is 32.2. The first-order valence-electron chi connectivity index (χ1n) is 7.00. The van der Waals surface area contributed by atoms with Crippen LogP contribution in [0.2, 0.25) is 0 Å². The lowest BCUT2D eigenvalue weighted by molar-refractivity contribution is -0.142. The van der Waals surface area contributed by atoms with Gasteiger partial charge in [-0.2, -0.15) is 5.26 Å². The number of rotatable bonds is 6. The number of H-pyrrole nitrogens is 1. The first kappa shape index (κ1) is 18.4. The third-order valence-corrected chi connectivity index (χ3v) is 3.79. The number of nitrogens with zero attached hydrogens (tertiary/aromatic N) is 2. The Balaban J connectivity index is 2.48. The van der Waals surface area contributed by atoms with Gasteiger partial charge in [-0.3, -0.25) is 4.79 Å². The van der Waals surface area contributed by atoms with Crippen LogP contribution in [-0.4, -0.2) is 43.0 Å². The second-order valence-corrected chi connectivity index (χ2v) is 5.44. The molecular formula is C16H15N3O5S. The third-order valence-electron chi connectivity index (χ3n) is 3.21. The van der Waals surface area contributed by atoms with Crippen molar-refractivity contribution >= 4 is 17.7 Å². The molecule has 25 heavy (non-hydrogen) atoms. The number of methoxy groups -OCH3 is 2. The quantitative estimate of drug-likeness (QED) is 0.469. The minimum atomic E-state index is -0.529. The predicted octanol–water partition coefficient (Wildman–Crippen LogP) is 1.59. The van der Waals surface area contributed by atoms with Gasteiger partial charge in [-0.05, 0) is 24.5 Å². The van der Waals surface area contributed by atoms with E-state index in [0.717, 1.165) is 0 Å². The lowest BCUT2D eigenvalue weighted by atomic mass is 10.1. The van der Waals surface area contributed by atoms with Crippen molar-refractivity contribution in [3.8, 4) is 28.8 Å². The highest BCUT2D eigenvalue weighted by molar-refractivity contribution is 7.98. The van der Waals surface area contributed by atoms with Crippen LogP contribution >= 0.6 is 11.8 Å². The van der Waals surface area contributed by atoms with E-state index in [1.54, 1.807) is 24.5 Å². The van der Waals surface area contributed by atoms with Crippen LogP contribution in [0, 0.1) is 11.3 Å². The molecule has 8 nitrogen and oxygen atoms in total. The van der Waals surface area contributed by atoms with Crippen LogP contribution in [0.1, 0.15) is 5.56 Å². The Labute approximate surface area is 147 Å². The highest BCUT2D eigenvalue weighted by Gasteiger charge is 2.16. The summed E-state index contributed by atoms with van der Waals surface area (Å²) in [7, 11) is 2.70. The molecule has 0 spiro atoms. The van der Waals surface area contributed by atoms with Gasteiger partial charge in [0.2, 0.25) is 0 Å². The molecule has 0 saturated carbocycles. The molecule has 0 amide bonds. The van der Waals surface area contributed by atoms with Gasteiger partial charge in [0.05, 0.1) is 19.9 Å². The summed E-state index contributed by atoms with van der Waals surface area (Å²) in [6.07, 6.45) is 1.76. The van der Waals surface area contributed by atoms with Crippen LogP contribution in [0.15, 0.2) is 28.2 Å². The minimum absolute atomic E-state index is 0.0944. The molecule has 9 heteroatoms. The molecule has 1 aromatic heterocycles. The smallest absolute Gasteiger partial charge is 0.343 e. The van der Waals surface area contributed by atoms with E-state index in [1.165, 1.54) is 26.0 Å². The van der Waals surface area contributed by atoms with Gasteiger partial charge in [0.1, 0.15) is 11.6 Å². The van der Waals surface area contributed by atoms with E-state index in [2.05, 4.69) is 14.7 Å². The largest absolute Gasteiger partial charge is 0.493 e. The molecule has 0 radical (unpaired) electrons. The monoisotopic (exact) mass is 361 g/mol. The van der Waals surface area contributed by atoms with Gasteiger partial charge in [-0.25, -0.2) is 9.78 Å². The maximum Gasteiger partial charge on any atom is 0.343 e. The van der Waals surface area contributed by atoms with E-state index in [9.17, 15) is 14.9 Å². The topological polar surface area (TPSA) is 114 Å². The Hall–Kier alpha value is -2.99. The van der Waals surface area contributed by atoms with Crippen LogP contribution < -0.4 is 15.0 Å². The Kier molecular flexibility index (Phi) is 6.03. The second kappa shape index (κ2) is 8.21. The van der Waals surface area contributed by atoms with Gasteiger partial charge in [0.15, 0.2) is 23.3 Å². The average Bonchev–Trinajstić information content (AvgIpc) is 2.65. The van der Waals surface area contributed by atoms with Crippen molar-refractivity contribution in [2.24, 2.45) is 0 Å². The zero-order valence-electron chi connectivity index (χ0n) is 13.8. The molecule has 0 unspecified atom stereocenters. The maximum absolute atomic E-state index is 12.0. The summed E-state index contributed by atoms with van der Waals surface area (Å²) in [4.78, 5) is 30.0. The Morgan fingerprint density at radius 1 is 1.36 bits per heavy atom. The van der Waals surface area contributed by atoms with E-state index >= 15 is 0 Å². The summed E-state index contributed by atoms with van der Waals surface area (Å²) < 4.78 is 15.1. The van der Waals surface area contributed by atoms with Gasteiger partial charge in [-0.1, -0.05) is 11.8 Å². The zero-order chi connectivity index (χ0) is 18.4. The highest BCUT2D eigenvalue weighted by Crippen LogP contribution is 2.32. The van der Waals surface area contributed by atoms with Gasteiger partial charge in [0.25, 0.3) is 5.56 Å². The molecular weight excluding hydrogens is 346 g/mol. The first-order chi connectivity index (χ1) is 12.0. The van der Waals surface area contributed by atoms with Crippen molar-refractivity contribution in [2.75, 3.05) is 27.1 Å². The predicted molar refractivity (Wildman–Crippen MR) is 90.9 cm³/mol. The van der Waals surface area contributed by atoms with Gasteiger partial charge < -0.3 is 19.2 Å². The minimum Gasteiger partial charge on any atom is -0.493 e. The van der Waals surface area contributed by atoms with Crippen LogP contribution in [0.3, 0.4) is 0 Å². The number of benzene rings is 1. The average molecular weight is 361 g/mol. The van der Waals surface area contributed by atoms with Crippen molar-refractivity contribution in [3.05, 3.63) is 34.1 Å². The van der Waals surface area contributed by atoms with E-state index in [-0.39, 0.29) is 17.9 Å². The molecule has 2 aromatic rings. The lowest BCUT2D eigenvalue weighted by Gasteiger charge is -2.12. The van der Waals surface area contributed by atoms with Crippen molar-refractivity contribution in [2.45, 2.75) is 5.16 Å². The Morgan fingerprint density at radius 2 is 2.12 bits per heavy atom. The Bertz CT molecular complexity index is 888. The van der Waals surface area contributed by atoms with Gasteiger partial charge in [-0.15, -0.1) is 0 Å². The molecule has 0 saturated heterocycles.